The van der Waals surface area contributed by atoms with E-state index in [-0.39, 0.29) is 5.91 Å². The maximum absolute atomic E-state index is 12.1. The van der Waals surface area contributed by atoms with Crippen molar-refractivity contribution in [2.45, 2.75) is 53.0 Å². The summed E-state index contributed by atoms with van der Waals surface area (Å²) in [4.78, 5) is 12.1. The highest BCUT2D eigenvalue weighted by Gasteiger charge is 2.44. The highest BCUT2D eigenvalue weighted by molar-refractivity contribution is 5.86. The van der Waals surface area contributed by atoms with Gasteiger partial charge in [-0.3, -0.25) is 4.79 Å². The van der Waals surface area contributed by atoms with Crippen molar-refractivity contribution in [1.29, 1.82) is 0 Å². The summed E-state index contributed by atoms with van der Waals surface area (Å²) in [6.45, 7) is 11.4. The molecule has 1 rings (SSSR count). The van der Waals surface area contributed by atoms with Gasteiger partial charge in [0.15, 0.2) is 0 Å². The Balaban J connectivity index is 2.46. The van der Waals surface area contributed by atoms with Crippen LogP contribution in [0.2, 0.25) is 0 Å². The minimum atomic E-state index is -0.668. The number of carbonyl (C=O) groups excluding carboxylic acids is 1. The fourth-order valence-corrected chi connectivity index (χ4v) is 2.51. The van der Waals surface area contributed by atoms with E-state index in [0.29, 0.717) is 23.7 Å². The Morgan fingerprint density at radius 1 is 1.29 bits per heavy atom. The van der Waals surface area contributed by atoms with Gasteiger partial charge in [-0.1, -0.05) is 27.7 Å². The van der Waals surface area contributed by atoms with Gasteiger partial charge in [0, 0.05) is 6.54 Å². The predicted octanol–water partition coefficient (Wildman–Crippen LogP) is 2.16. The van der Waals surface area contributed by atoms with Gasteiger partial charge in [-0.15, -0.1) is 0 Å². The van der Waals surface area contributed by atoms with Crippen molar-refractivity contribution in [3.8, 4) is 0 Å². The van der Waals surface area contributed by atoms with Crippen LogP contribution >= 0.6 is 0 Å². The lowest BCUT2D eigenvalue weighted by Crippen LogP contribution is -2.54. The van der Waals surface area contributed by atoms with Gasteiger partial charge in [0.05, 0.1) is 5.54 Å². The molecular formula is C14H28N2O. The zero-order valence-electron chi connectivity index (χ0n) is 11.9. The second kappa shape index (κ2) is 5.38. The number of nitrogens with two attached hydrogens (primary N) is 1. The van der Waals surface area contributed by atoms with Gasteiger partial charge in [-0.25, -0.2) is 0 Å². The van der Waals surface area contributed by atoms with Gasteiger partial charge < -0.3 is 11.1 Å². The van der Waals surface area contributed by atoms with Crippen LogP contribution in [0.25, 0.3) is 0 Å². The van der Waals surface area contributed by atoms with Crippen molar-refractivity contribution >= 4 is 5.91 Å². The molecule has 1 saturated carbocycles. The van der Waals surface area contributed by atoms with Crippen LogP contribution in [0.4, 0.5) is 0 Å². The van der Waals surface area contributed by atoms with E-state index in [9.17, 15) is 4.79 Å². The Bertz CT molecular complexity index is 259. The molecule has 0 aromatic heterocycles. The molecule has 1 amide bonds. The summed E-state index contributed by atoms with van der Waals surface area (Å²) in [6, 6.07) is 0. The largest absolute Gasteiger partial charge is 0.354 e. The number of amides is 1. The van der Waals surface area contributed by atoms with Crippen LogP contribution in [0, 0.1) is 23.7 Å². The molecule has 0 radical (unpaired) electrons. The molecule has 3 nitrogen and oxygen atoms in total. The third-order valence-corrected chi connectivity index (χ3v) is 4.13. The standard InChI is InChI=1S/C14H28N2O/c1-9(2)12(10(3)4)8-16-13(17)14(5,15)11-6-7-11/h9-12H,6-8,15H2,1-5H3,(H,16,17). The van der Waals surface area contributed by atoms with E-state index in [0.717, 1.165) is 19.4 Å². The Kier molecular flexibility index (Phi) is 4.59. The molecule has 3 N–H and O–H groups in total. The Labute approximate surface area is 106 Å². The molecule has 0 aromatic rings. The van der Waals surface area contributed by atoms with Crippen LogP contribution < -0.4 is 11.1 Å². The first kappa shape index (κ1) is 14.5. The van der Waals surface area contributed by atoms with Crippen molar-refractivity contribution in [2.75, 3.05) is 6.54 Å². The summed E-state index contributed by atoms with van der Waals surface area (Å²) >= 11 is 0. The lowest BCUT2D eigenvalue weighted by Gasteiger charge is -2.28. The van der Waals surface area contributed by atoms with E-state index < -0.39 is 5.54 Å². The number of carbonyl (C=O) groups is 1. The number of rotatable bonds is 6. The Hall–Kier alpha value is -0.570. The zero-order valence-corrected chi connectivity index (χ0v) is 11.9. The molecule has 0 aromatic carbocycles. The van der Waals surface area contributed by atoms with Gasteiger partial charge in [0.1, 0.15) is 0 Å². The summed E-state index contributed by atoms with van der Waals surface area (Å²) in [6.07, 6.45) is 2.19. The number of hydrogen-bond donors (Lipinski definition) is 2. The maximum atomic E-state index is 12.1. The van der Waals surface area contributed by atoms with Gasteiger partial charge in [-0.2, -0.15) is 0 Å². The van der Waals surface area contributed by atoms with E-state index in [4.69, 9.17) is 5.73 Å². The first-order chi connectivity index (χ1) is 7.76. The molecule has 0 aliphatic heterocycles. The van der Waals surface area contributed by atoms with E-state index in [1.807, 2.05) is 6.92 Å². The topological polar surface area (TPSA) is 55.1 Å². The quantitative estimate of drug-likeness (QED) is 0.747. The highest BCUT2D eigenvalue weighted by Crippen LogP contribution is 2.38. The maximum Gasteiger partial charge on any atom is 0.240 e. The molecule has 100 valence electrons. The van der Waals surface area contributed by atoms with Crippen LogP contribution in [0.3, 0.4) is 0 Å². The van der Waals surface area contributed by atoms with Crippen molar-refractivity contribution in [1.82, 2.24) is 5.32 Å². The molecule has 1 fully saturated rings. The SMILES string of the molecule is CC(C)C(CNC(=O)C(C)(N)C1CC1)C(C)C. The molecule has 3 heteroatoms. The minimum absolute atomic E-state index is 0.0197. The van der Waals surface area contributed by atoms with Crippen molar-refractivity contribution in [3.63, 3.8) is 0 Å². The van der Waals surface area contributed by atoms with Crippen LogP contribution in [-0.4, -0.2) is 18.0 Å². The number of hydrogen-bond acceptors (Lipinski definition) is 2. The smallest absolute Gasteiger partial charge is 0.240 e. The van der Waals surface area contributed by atoms with Crippen LogP contribution in [0.5, 0.6) is 0 Å². The van der Waals surface area contributed by atoms with E-state index >= 15 is 0 Å². The lowest BCUT2D eigenvalue weighted by atomic mass is 9.85. The Morgan fingerprint density at radius 3 is 2.12 bits per heavy atom. The van der Waals surface area contributed by atoms with Gasteiger partial charge in [0.25, 0.3) is 0 Å². The van der Waals surface area contributed by atoms with Gasteiger partial charge in [-0.05, 0) is 43.4 Å². The molecule has 17 heavy (non-hydrogen) atoms. The summed E-state index contributed by atoms with van der Waals surface area (Å²) in [5.74, 6) is 2.10. The molecule has 0 bridgehead atoms. The molecule has 0 heterocycles. The summed E-state index contributed by atoms with van der Waals surface area (Å²) < 4.78 is 0. The molecule has 1 aliphatic carbocycles. The normalized spacial score (nSPS) is 19.8. The fraction of sp³-hybridized carbons (Fsp3) is 0.929. The van der Waals surface area contributed by atoms with Gasteiger partial charge in [0.2, 0.25) is 5.91 Å². The predicted molar refractivity (Wildman–Crippen MR) is 71.5 cm³/mol. The molecule has 0 spiro atoms. The minimum Gasteiger partial charge on any atom is -0.354 e. The van der Waals surface area contributed by atoms with Gasteiger partial charge >= 0.3 is 0 Å². The molecule has 1 atom stereocenters. The number of nitrogens with one attached hydrogen (secondary N) is 1. The van der Waals surface area contributed by atoms with E-state index in [1.165, 1.54) is 0 Å². The van der Waals surface area contributed by atoms with Crippen LogP contribution in [-0.2, 0) is 4.79 Å². The monoisotopic (exact) mass is 240 g/mol. The fourth-order valence-electron chi connectivity index (χ4n) is 2.51. The molecule has 1 unspecified atom stereocenters. The zero-order chi connectivity index (χ0) is 13.2. The second-order valence-electron chi connectivity index (χ2n) is 6.42. The molecule has 1 aliphatic rings. The van der Waals surface area contributed by atoms with Crippen LogP contribution in [0.1, 0.15) is 47.5 Å². The molecular weight excluding hydrogens is 212 g/mol. The third-order valence-electron chi connectivity index (χ3n) is 4.13. The highest BCUT2D eigenvalue weighted by atomic mass is 16.2. The van der Waals surface area contributed by atoms with Crippen molar-refractivity contribution < 1.29 is 4.79 Å². The average molecular weight is 240 g/mol. The second-order valence-corrected chi connectivity index (χ2v) is 6.42. The summed E-state index contributed by atoms with van der Waals surface area (Å²) in [5.41, 5.74) is 5.42. The average Bonchev–Trinajstić information content (AvgIpc) is 2.99. The van der Waals surface area contributed by atoms with E-state index in [2.05, 4.69) is 33.0 Å². The van der Waals surface area contributed by atoms with E-state index in [1.54, 1.807) is 0 Å². The molecule has 0 saturated heterocycles. The first-order valence-corrected chi connectivity index (χ1v) is 6.84. The van der Waals surface area contributed by atoms with Crippen LogP contribution in [0.15, 0.2) is 0 Å². The third kappa shape index (κ3) is 3.70. The van der Waals surface area contributed by atoms with Crippen molar-refractivity contribution in [2.24, 2.45) is 29.4 Å². The van der Waals surface area contributed by atoms with Crippen molar-refractivity contribution in [3.05, 3.63) is 0 Å². The summed E-state index contributed by atoms with van der Waals surface area (Å²) in [7, 11) is 0. The first-order valence-electron chi connectivity index (χ1n) is 6.84. The Morgan fingerprint density at radius 2 is 1.76 bits per heavy atom. The lowest BCUT2D eigenvalue weighted by molar-refractivity contribution is -0.126. The summed E-state index contributed by atoms with van der Waals surface area (Å²) in [5, 5.41) is 3.04.